The number of hydrogen-bond donors (Lipinski definition) is 3. The SMILES string of the molecule is O=C(NCCc1c[nH]c2ccc(F)cc12)c1cc(=O)c(OCc2ccccc2)c[nH]1. The third-order valence-corrected chi connectivity index (χ3v) is 4.77. The van der Waals surface area contributed by atoms with Gasteiger partial charge in [-0.05, 0) is 35.7 Å². The number of ether oxygens (including phenoxy) is 1. The number of hydrogen-bond acceptors (Lipinski definition) is 3. The fraction of sp³-hybridized carbons (Fsp3) is 0.130. The summed E-state index contributed by atoms with van der Waals surface area (Å²) in [7, 11) is 0. The Bertz CT molecular complexity index is 1230. The van der Waals surface area contributed by atoms with Crippen LogP contribution in [0.3, 0.4) is 0 Å². The number of nitrogens with one attached hydrogen (secondary N) is 3. The van der Waals surface area contributed by atoms with Crippen LogP contribution in [-0.2, 0) is 13.0 Å². The normalized spacial score (nSPS) is 10.8. The summed E-state index contributed by atoms with van der Waals surface area (Å²) in [6, 6.07) is 15.3. The van der Waals surface area contributed by atoms with E-state index in [0.29, 0.717) is 13.0 Å². The molecule has 0 bridgehead atoms. The van der Waals surface area contributed by atoms with Crippen LogP contribution in [0.5, 0.6) is 5.75 Å². The maximum atomic E-state index is 13.5. The van der Waals surface area contributed by atoms with E-state index in [-0.39, 0.29) is 29.3 Å². The van der Waals surface area contributed by atoms with Crippen LogP contribution in [0.4, 0.5) is 4.39 Å². The molecule has 0 saturated carbocycles. The average molecular weight is 405 g/mol. The Balaban J connectivity index is 1.34. The molecule has 4 aromatic rings. The van der Waals surface area contributed by atoms with Crippen LogP contribution >= 0.6 is 0 Å². The lowest BCUT2D eigenvalue weighted by molar-refractivity contribution is 0.0949. The van der Waals surface area contributed by atoms with Crippen LogP contribution in [0.1, 0.15) is 21.6 Å². The van der Waals surface area contributed by atoms with E-state index in [2.05, 4.69) is 15.3 Å². The fourth-order valence-electron chi connectivity index (χ4n) is 3.20. The Morgan fingerprint density at radius 1 is 1.03 bits per heavy atom. The van der Waals surface area contributed by atoms with Crippen molar-refractivity contribution in [2.45, 2.75) is 13.0 Å². The highest BCUT2D eigenvalue weighted by atomic mass is 19.1. The summed E-state index contributed by atoms with van der Waals surface area (Å²) in [4.78, 5) is 30.5. The van der Waals surface area contributed by atoms with Gasteiger partial charge in [0.15, 0.2) is 5.75 Å². The van der Waals surface area contributed by atoms with Crippen molar-refractivity contribution in [3.8, 4) is 5.75 Å². The van der Waals surface area contributed by atoms with E-state index in [1.54, 1.807) is 12.3 Å². The number of carbonyl (C=O) groups is 1. The number of aromatic amines is 2. The third-order valence-electron chi connectivity index (χ3n) is 4.77. The Labute approximate surface area is 171 Å². The summed E-state index contributed by atoms with van der Waals surface area (Å²) < 4.78 is 19.0. The molecule has 4 rings (SSSR count). The summed E-state index contributed by atoms with van der Waals surface area (Å²) in [6.45, 7) is 0.608. The number of pyridine rings is 1. The van der Waals surface area contributed by atoms with Gasteiger partial charge in [-0.15, -0.1) is 0 Å². The lowest BCUT2D eigenvalue weighted by Crippen LogP contribution is -2.27. The van der Waals surface area contributed by atoms with Crippen LogP contribution in [-0.4, -0.2) is 22.4 Å². The van der Waals surface area contributed by atoms with Gasteiger partial charge < -0.3 is 20.0 Å². The van der Waals surface area contributed by atoms with Crippen LogP contribution in [0.25, 0.3) is 10.9 Å². The molecule has 2 heterocycles. The highest BCUT2D eigenvalue weighted by molar-refractivity contribution is 5.92. The van der Waals surface area contributed by atoms with Crippen molar-refractivity contribution >= 4 is 16.8 Å². The minimum absolute atomic E-state index is 0.149. The first-order chi connectivity index (χ1) is 14.6. The number of carbonyl (C=O) groups excluding carboxylic acids is 1. The van der Waals surface area contributed by atoms with E-state index in [1.165, 1.54) is 24.4 Å². The topological polar surface area (TPSA) is 87.0 Å². The molecule has 1 amide bonds. The van der Waals surface area contributed by atoms with Crippen molar-refractivity contribution in [1.82, 2.24) is 15.3 Å². The molecule has 0 atom stereocenters. The van der Waals surface area contributed by atoms with E-state index in [0.717, 1.165) is 22.0 Å². The first-order valence-corrected chi connectivity index (χ1v) is 9.53. The standard InChI is InChI=1S/C23H20FN3O3/c24-17-6-7-19-18(10-17)16(12-26-19)8-9-25-23(29)20-11-21(28)22(13-27-20)30-14-15-4-2-1-3-5-15/h1-7,10-13,26H,8-9,14H2,(H,25,29)(H,27,28). The zero-order chi connectivity index (χ0) is 20.9. The predicted molar refractivity (Wildman–Crippen MR) is 112 cm³/mol. The number of H-pyrrole nitrogens is 2. The second kappa shape index (κ2) is 8.65. The Morgan fingerprint density at radius 2 is 1.87 bits per heavy atom. The Kier molecular flexibility index (Phi) is 5.61. The number of amides is 1. The van der Waals surface area contributed by atoms with Crippen LogP contribution in [0.15, 0.2) is 71.8 Å². The fourth-order valence-corrected chi connectivity index (χ4v) is 3.20. The van der Waals surface area contributed by atoms with Gasteiger partial charge in [-0.3, -0.25) is 9.59 Å². The van der Waals surface area contributed by atoms with Gasteiger partial charge >= 0.3 is 0 Å². The molecule has 0 radical (unpaired) electrons. The van der Waals surface area contributed by atoms with E-state index in [9.17, 15) is 14.0 Å². The maximum absolute atomic E-state index is 13.5. The molecule has 7 heteroatoms. The third kappa shape index (κ3) is 4.41. The Hall–Kier alpha value is -3.87. The van der Waals surface area contributed by atoms with E-state index < -0.39 is 5.91 Å². The van der Waals surface area contributed by atoms with Gasteiger partial charge in [0.25, 0.3) is 5.91 Å². The van der Waals surface area contributed by atoms with Crippen LogP contribution in [0.2, 0.25) is 0 Å². The molecule has 0 aliphatic rings. The smallest absolute Gasteiger partial charge is 0.267 e. The molecule has 2 aromatic carbocycles. The highest BCUT2D eigenvalue weighted by Crippen LogP contribution is 2.19. The monoisotopic (exact) mass is 405 g/mol. The number of benzene rings is 2. The van der Waals surface area contributed by atoms with Crippen LogP contribution in [0, 0.1) is 5.82 Å². The minimum Gasteiger partial charge on any atom is -0.483 e. The largest absolute Gasteiger partial charge is 0.483 e. The lowest BCUT2D eigenvalue weighted by atomic mass is 10.1. The first-order valence-electron chi connectivity index (χ1n) is 9.53. The molecular weight excluding hydrogens is 385 g/mol. The van der Waals surface area contributed by atoms with Gasteiger partial charge in [0.2, 0.25) is 5.43 Å². The second-order valence-corrected chi connectivity index (χ2v) is 6.86. The quantitative estimate of drug-likeness (QED) is 0.439. The predicted octanol–water partition coefficient (Wildman–Crippen LogP) is 3.55. The molecule has 0 aliphatic heterocycles. The van der Waals surface area contributed by atoms with Gasteiger partial charge in [-0.25, -0.2) is 4.39 Å². The van der Waals surface area contributed by atoms with Gasteiger partial charge in [0, 0.05) is 35.9 Å². The molecule has 2 aromatic heterocycles. The van der Waals surface area contributed by atoms with Crippen LogP contribution < -0.4 is 15.5 Å². The molecule has 6 nitrogen and oxygen atoms in total. The molecular formula is C23H20FN3O3. The van der Waals surface area contributed by atoms with Gasteiger partial charge in [-0.2, -0.15) is 0 Å². The summed E-state index contributed by atoms with van der Waals surface area (Å²) in [5.41, 5.74) is 2.46. The lowest BCUT2D eigenvalue weighted by Gasteiger charge is -2.08. The molecule has 0 fully saturated rings. The number of halogens is 1. The van der Waals surface area contributed by atoms with Gasteiger partial charge in [0.05, 0.1) is 0 Å². The summed E-state index contributed by atoms with van der Waals surface area (Å²) in [5.74, 6) is -0.552. The summed E-state index contributed by atoms with van der Waals surface area (Å²) >= 11 is 0. The number of aromatic nitrogens is 2. The summed E-state index contributed by atoms with van der Waals surface area (Å²) in [6.07, 6.45) is 3.72. The molecule has 30 heavy (non-hydrogen) atoms. The minimum atomic E-state index is -0.396. The van der Waals surface area contributed by atoms with E-state index >= 15 is 0 Å². The van der Waals surface area contributed by atoms with Crippen molar-refractivity contribution in [3.63, 3.8) is 0 Å². The molecule has 0 spiro atoms. The van der Waals surface area contributed by atoms with Crippen molar-refractivity contribution < 1.29 is 13.9 Å². The Morgan fingerprint density at radius 3 is 2.67 bits per heavy atom. The zero-order valence-electron chi connectivity index (χ0n) is 16.1. The second-order valence-electron chi connectivity index (χ2n) is 6.86. The van der Waals surface area contributed by atoms with E-state index in [1.807, 2.05) is 30.3 Å². The molecule has 152 valence electrons. The molecule has 3 N–H and O–H groups in total. The van der Waals surface area contributed by atoms with Crippen molar-refractivity contribution in [3.05, 3.63) is 99.9 Å². The van der Waals surface area contributed by atoms with Crippen molar-refractivity contribution in [2.75, 3.05) is 6.54 Å². The summed E-state index contributed by atoms with van der Waals surface area (Å²) in [5, 5.41) is 3.55. The zero-order valence-corrected chi connectivity index (χ0v) is 16.1. The maximum Gasteiger partial charge on any atom is 0.267 e. The number of rotatable bonds is 7. The van der Waals surface area contributed by atoms with Gasteiger partial charge in [0.1, 0.15) is 18.1 Å². The average Bonchev–Trinajstić information content (AvgIpc) is 3.15. The highest BCUT2D eigenvalue weighted by Gasteiger charge is 2.11. The number of fused-ring (bicyclic) bond motifs is 1. The molecule has 0 aliphatic carbocycles. The molecule has 0 saturated heterocycles. The van der Waals surface area contributed by atoms with Crippen molar-refractivity contribution in [2.24, 2.45) is 0 Å². The van der Waals surface area contributed by atoms with Crippen molar-refractivity contribution in [1.29, 1.82) is 0 Å². The van der Waals surface area contributed by atoms with E-state index in [4.69, 9.17) is 4.74 Å². The first kappa shape index (κ1) is 19.4. The van der Waals surface area contributed by atoms with Gasteiger partial charge in [-0.1, -0.05) is 30.3 Å². The molecule has 0 unspecified atom stereocenters.